The number of halogens is 1. The summed E-state index contributed by atoms with van der Waals surface area (Å²) in [4.78, 5) is 9.12. The van der Waals surface area contributed by atoms with Gasteiger partial charge < -0.3 is 16.2 Å². The quantitative estimate of drug-likeness (QED) is 0.331. The summed E-state index contributed by atoms with van der Waals surface area (Å²) in [6.45, 7) is 0. The second-order valence-corrected chi connectivity index (χ2v) is 2.56. The molecule has 6 heteroatoms. The highest BCUT2D eigenvalue weighted by atomic mass is 79.9. The van der Waals surface area contributed by atoms with Crippen LogP contribution in [-0.4, -0.2) is 21.1 Å². The van der Waals surface area contributed by atoms with Gasteiger partial charge in [0.25, 0.3) is 0 Å². The van der Waals surface area contributed by atoms with Crippen LogP contribution >= 0.6 is 28.1 Å². The molecule has 0 aliphatic heterocycles. The van der Waals surface area contributed by atoms with E-state index in [1.165, 1.54) is 0 Å². The fourth-order valence-corrected chi connectivity index (χ4v) is 0.703. The Labute approximate surface area is 65.5 Å². The summed E-state index contributed by atoms with van der Waals surface area (Å²) >= 11 is 7.13. The maximum atomic E-state index is 10.0. The highest BCUT2D eigenvalue weighted by Gasteiger charge is 2.11. The predicted octanol–water partition coefficient (Wildman–Crippen LogP) is -0.375. The highest BCUT2D eigenvalue weighted by Crippen LogP contribution is 1.92. The molecule has 0 aromatic carbocycles. The maximum Gasteiger partial charge on any atom is 0.337 e. The summed E-state index contributed by atoms with van der Waals surface area (Å²) < 4.78 is 0. The molecule has 4 nitrogen and oxygen atoms in total. The van der Waals surface area contributed by atoms with Gasteiger partial charge in [-0.25, -0.2) is 4.79 Å². The minimum atomic E-state index is -1.05. The van der Waals surface area contributed by atoms with E-state index < -0.39 is 10.9 Å². The summed E-state index contributed by atoms with van der Waals surface area (Å²) in [7, 11) is 0. The number of rotatable bonds is 2. The monoisotopic (exact) mass is 212 g/mol. The summed E-state index contributed by atoms with van der Waals surface area (Å²) in [5, 5.41) is 10.4. The van der Waals surface area contributed by atoms with E-state index in [-0.39, 0.29) is 5.11 Å². The Kier molecular flexibility index (Phi) is 3.48. The van der Waals surface area contributed by atoms with Crippen LogP contribution in [0.5, 0.6) is 0 Å². The first-order valence-electron chi connectivity index (χ1n) is 1.97. The molecule has 0 fully saturated rings. The molecule has 0 saturated heterocycles. The van der Waals surface area contributed by atoms with Crippen LogP contribution in [0.4, 0.5) is 0 Å². The van der Waals surface area contributed by atoms with Crippen molar-refractivity contribution in [3.05, 3.63) is 0 Å². The summed E-state index contributed by atoms with van der Waals surface area (Å²) in [5.41, 5.74) is 4.96. The maximum absolute atomic E-state index is 10.0. The van der Waals surface area contributed by atoms with Crippen molar-refractivity contribution in [2.24, 2.45) is 5.73 Å². The molecule has 1 atom stereocenters. The van der Waals surface area contributed by atoms with E-state index in [1.807, 2.05) is 0 Å². The third kappa shape index (κ3) is 4.16. The largest absolute Gasteiger partial charge is 0.479 e. The molecule has 0 radical (unpaired) electrons. The van der Waals surface area contributed by atoms with Crippen molar-refractivity contribution in [2.45, 2.75) is 4.95 Å². The number of nitrogens with one attached hydrogen (secondary N) is 1. The molecule has 9 heavy (non-hydrogen) atoms. The molecule has 0 aliphatic carbocycles. The van der Waals surface area contributed by atoms with Gasteiger partial charge in [0, 0.05) is 0 Å². The van der Waals surface area contributed by atoms with Crippen LogP contribution in [0.25, 0.3) is 0 Å². The van der Waals surface area contributed by atoms with Crippen molar-refractivity contribution in [2.75, 3.05) is 0 Å². The molecule has 0 saturated carbocycles. The van der Waals surface area contributed by atoms with E-state index in [2.05, 4.69) is 33.5 Å². The van der Waals surface area contributed by atoms with E-state index in [4.69, 9.17) is 10.8 Å². The zero-order valence-corrected chi connectivity index (χ0v) is 6.70. The smallest absolute Gasteiger partial charge is 0.337 e. The van der Waals surface area contributed by atoms with E-state index in [1.54, 1.807) is 0 Å². The molecular weight excluding hydrogens is 208 g/mol. The summed E-state index contributed by atoms with van der Waals surface area (Å²) in [6, 6.07) is 0. The lowest BCUT2D eigenvalue weighted by Gasteiger charge is -2.04. The first-order valence-corrected chi connectivity index (χ1v) is 3.29. The Balaban J connectivity index is 3.63. The van der Waals surface area contributed by atoms with Crippen molar-refractivity contribution in [3.8, 4) is 0 Å². The van der Waals surface area contributed by atoms with Crippen molar-refractivity contribution >= 4 is 39.2 Å². The van der Waals surface area contributed by atoms with Crippen LogP contribution in [0.15, 0.2) is 0 Å². The van der Waals surface area contributed by atoms with Gasteiger partial charge in [0.1, 0.15) is 0 Å². The van der Waals surface area contributed by atoms with Gasteiger partial charge in [0.2, 0.25) is 0 Å². The average molecular weight is 213 g/mol. The van der Waals surface area contributed by atoms with Gasteiger partial charge in [-0.2, -0.15) is 0 Å². The van der Waals surface area contributed by atoms with Gasteiger partial charge in [0.05, 0.1) is 0 Å². The zero-order chi connectivity index (χ0) is 7.44. The number of thiocarbonyl (C=S) groups is 1. The average Bonchev–Trinajstić information content (AvgIpc) is 1.63. The van der Waals surface area contributed by atoms with Gasteiger partial charge in [-0.05, 0) is 12.2 Å². The molecule has 52 valence electrons. The lowest BCUT2D eigenvalue weighted by atomic mass is 10.7. The van der Waals surface area contributed by atoms with Gasteiger partial charge in [-0.1, -0.05) is 15.9 Å². The number of carboxylic acid groups (broad SMARTS) is 1. The molecule has 0 aromatic rings. The SMILES string of the molecule is NC(=S)NC(Br)C(=O)O. The van der Waals surface area contributed by atoms with Gasteiger partial charge >= 0.3 is 5.97 Å². The molecule has 0 aromatic heterocycles. The Morgan fingerprint density at radius 2 is 2.33 bits per heavy atom. The number of hydrogen-bond acceptors (Lipinski definition) is 2. The Morgan fingerprint density at radius 1 is 1.89 bits per heavy atom. The van der Waals surface area contributed by atoms with Crippen molar-refractivity contribution < 1.29 is 9.90 Å². The normalized spacial score (nSPS) is 12.1. The number of aliphatic carboxylic acids is 1. The molecule has 1 unspecified atom stereocenters. The molecule has 0 heterocycles. The van der Waals surface area contributed by atoms with E-state index in [0.717, 1.165) is 0 Å². The minimum absolute atomic E-state index is 0.0423. The van der Waals surface area contributed by atoms with Crippen molar-refractivity contribution in [3.63, 3.8) is 0 Å². The fourth-order valence-electron chi connectivity index (χ4n) is 0.187. The lowest BCUT2D eigenvalue weighted by Crippen LogP contribution is -2.39. The molecular formula is C3H5BrN2O2S. The van der Waals surface area contributed by atoms with Crippen LogP contribution in [-0.2, 0) is 4.79 Å². The number of carbonyl (C=O) groups is 1. The van der Waals surface area contributed by atoms with Crippen LogP contribution in [0.1, 0.15) is 0 Å². The minimum Gasteiger partial charge on any atom is -0.479 e. The topological polar surface area (TPSA) is 75.3 Å². The number of alkyl halides is 1. The Bertz CT molecular complexity index is 140. The second kappa shape index (κ2) is 3.62. The fraction of sp³-hybridized carbons (Fsp3) is 0.333. The summed E-state index contributed by atoms with van der Waals surface area (Å²) in [6.07, 6.45) is 0. The zero-order valence-electron chi connectivity index (χ0n) is 4.30. The predicted molar refractivity (Wildman–Crippen MR) is 40.3 cm³/mol. The molecule has 0 bridgehead atoms. The second-order valence-electron chi connectivity index (χ2n) is 1.21. The molecule has 0 spiro atoms. The summed E-state index contributed by atoms with van der Waals surface area (Å²) in [5.74, 6) is -1.05. The number of nitrogens with two attached hydrogens (primary N) is 1. The van der Waals surface area contributed by atoms with Crippen LogP contribution in [0, 0.1) is 0 Å². The van der Waals surface area contributed by atoms with E-state index in [0.29, 0.717) is 0 Å². The first kappa shape index (κ1) is 8.64. The van der Waals surface area contributed by atoms with Gasteiger partial charge in [0.15, 0.2) is 10.1 Å². The van der Waals surface area contributed by atoms with Crippen molar-refractivity contribution in [1.29, 1.82) is 0 Å². The first-order chi connectivity index (χ1) is 4.04. The molecule has 0 aliphatic rings. The molecule has 4 N–H and O–H groups in total. The van der Waals surface area contributed by atoms with E-state index in [9.17, 15) is 4.79 Å². The highest BCUT2D eigenvalue weighted by molar-refractivity contribution is 9.10. The standard InChI is InChI=1S/C3H5BrN2O2S/c4-1(2(7)8)6-3(5)9/h1H,(H,7,8)(H3,5,6,9). The van der Waals surface area contributed by atoms with E-state index >= 15 is 0 Å². The molecule has 0 rings (SSSR count). The van der Waals surface area contributed by atoms with Crippen LogP contribution < -0.4 is 11.1 Å². The number of carboxylic acids is 1. The van der Waals surface area contributed by atoms with Crippen molar-refractivity contribution in [1.82, 2.24) is 5.32 Å². The van der Waals surface area contributed by atoms with Gasteiger partial charge in [-0.3, -0.25) is 0 Å². The third-order valence-corrected chi connectivity index (χ3v) is 1.22. The van der Waals surface area contributed by atoms with Crippen LogP contribution in [0.3, 0.4) is 0 Å². The third-order valence-electron chi connectivity index (χ3n) is 0.486. The molecule has 0 amide bonds. The van der Waals surface area contributed by atoms with Gasteiger partial charge in [-0.15, -0.1) is 0 Å². The Hall–Kier alpha value is -0.360. The number of hydrogen-bond donors (Lipinski definition) is 3. The van der Waals surface area contributed by atoms with Crippen LogP contribution in [0.2, 0.25) is 0 Å². The lowest BCUT2D eigenvalue weighted by molar-refractivity contribution is -0.136. The Morgan fingerprint density at radius 3 is 2.44 bits per heavy atom.